The fourth-order valence-corrected chi connectivity index (χ4v) is 3.33. The number of hydrogen-bond donors (Lipinski definition) is 0. The molecule has 0 fully saturated rings. The first-order valence-electron chi connectivity index (χ1n) is 9.93. The molecule has 0 aliphatic carbocycles. The fraction of sp³-hybridized carbons (Fsp3) is 0.125. The molecular weight excluding hydrogens is 424 g/mol. The number of nitrogens with zero attached hydrogens (tertiary/aromatic N) is 4. The molecule has 2 aromatic heterocycles. The van der Waals surface area contributed by atoms with Crippen molar-refractivity contribution in [3.63, 3.8) is 0 Å². The molecule has 9 nitrogen and oxygen atoms in total. The highest BCUT2D eigenvalue weighted by Crippen LogP contribution is 2.36. The Morgan fingerprint density at radius 3 is 2.39 bits per heavy atom. The van der Waals surface area contributed by atoms with Crippen molar-refractivity contribution in [3.05, 3.63) is 84.0 Å². The van der Waals surface area contributed by atoms with Gasteiger partial charge in [-0.25, -0.2) is 9.59 Å². The highest BCUT2D eigenvalue weighted by Gasteiger charge is 2.29. The molecule has 0 spiro atoms. The Balaban J connectivity index is 1.89. The van der Waals surface area contributed by atoms with Crippen molar-refractivity contribution in [2.45, 2.75) is 6.92 Å². The number of aryl methyl sites for hydroxylation is 1. The van der Waals surface area contributed by atoms with E-state index in [0.717, 1.165) is 11.1 Å². The molecule has 4 rings (SSSR count). The number of carbonyl (C=O) groups excluding carboxylic acids is 2. The molecule has 33 heavy (non-hydrogen) atoms. The lowest BCUT2D eigenvalue weighted by Gasteiger charge is -2.24. The van der Waals surface area contributed by atoms with E-state index in [2.05, 4.69) is 15.2 Å². The van der Waals surface area contributed by atoms with Crippen LogP contribution in [-0.4, -0.2) is 41.3 Å². The van der Waals surface area contributed by atoms with E-state index in [0.29, 0.717) is 17.1 Å². The number of pyridine rings is 1. The van der Waals surface area contributed by atoms with Crippen molar-refractivity contribution < 1.29 is 23.5 Å². The molecule has 0 bridgehead atoms. The van der Waals surface area contributed by atoms with Crippen LogP contribution < -0.4 is 4.90 Å². The summed E-state index contributed by atoms with van der Waals surface area (Å²) in [5.74, 6) is -0.810. The number of anilines is 1. The normalized spacial score (nSPS) is 13.1. The van der Waals surface area contributed by atoms with Crippen LogP contribution in [0.15, 0.2) is 82.8 Å². The van der Waals surface area contributed by atoms with Crippen LogP contribution in [0.25, 0.3) is 22.9 Å². The molecule has 0 saturated heterocycles. The predicted octanol–water partition coefficient (Wildman–Crippen LogP) is 3.60. The quantitative estimate of drug-likeness (QED) is 0.545. The number of hydrogen-bond acceptors (Lipinski definition) is 9. The van der Waals surface area contributed by atoms with Crippen LogP contribution in [-0.2, 0) is 19.1 Å². The third-order valence-corrected chi connectivity index (χ3v) is 4.88. The van der Waals surface area contributed by atoms with Crippen molar-refractivity contribution in [1.82, 2.24) is 15.2 Å². The zero-order chi connectivity index (χ0) is 23.4. The Bertz CT molecular complexity index is 1290. The monoisotopic (exact) mass is 444 g/mol. The van der Waals surface area contributed by atoms with Crippen molar-refractivity contribution in [3.8, 4) is 22.9 Å². The zero-order valence-electron chi connectivity index (χ0n) is 18.2. The smallest absolute Gasteiger partial charge is 0.355 e. The first-order chi connectivity index (χ1) is 16.0. The molecule has 0 amide bonds. The Kier molecular flexibility index (Phi) is 6.12. The van der Waals surface area contributed by atoms with Gasteiger partial charge in [-0.3, -0.25) is 4.98 Å². The van der Waals surface area contributed by atoms with E-state index in [-0.39, 0.29) is 17.2 Å². The van der Waals surface area contributed by atoms with Crippen LogP contribution in [0.2, 0.25) is 0 Å². The summed E-state index contributed by atoms with van der Waals surface area (Å²) >= 11 is 0. The molecule has 0 atom stereocenters. The number of ether oxygens (including phenoxy) is 2. The summed E-state index contributed by atoms with van der Waals surface area (Å²) in [5, 5.41) is 8.37. The van der Waals surface area contributed by atoms with E-state index in [1.54, 1.807) is 53.8 Å². The summed E-state index contributed by atoms with van der Waals surface area (Å²) in [4.78, 5) is 30.8. The van der Waals surface area contributed by atoms with Crippen LogP contribution in [0, 0.1) is 6.92 Å². The number of aromatic nitrogens is 3. The second-order valence-corrected chi connectivity index (χ2v) is 6.98. The van der Waals surface area contributed by atoms with Gasteiger partial charge in [0.15, 0.2) is 0 Å². The van der Waals surface area contributed by atoms with E-state index in [1.807, 2.05) is 19.1 Å². The highest BCUT2D eigenvalue weighted by molar-refractivity contribution is 6.06. The van der Waals surface area contributed by atoms with Crippen molar-refractivity contribution in [1.29, 1.82) is 0 Å². The van der Waals surface area contributed by atoms with E-state index >= 15 is 0 Å². The summed E-state index contributed by atoms with van der Waals surface area (Å²) < 4.78 is 15.8. The van der Waals surface area contributed by atoms with Crippen LogP contribution in [0.4, 0.5) is 5.69 Å². The number of methoxy groups -OCH3 is 2. The van der Waals surface area contributed by atoms with Crippen molar-refractivity contribution in [2.24, 2.45) is 0 Å². The van der Waals surface area contributed by atoms with Gasteiger partial charge in [0.1, 0.15) is 5.70 Å². The molecule has 1 aromatic carbocycles. The third-order valence-electron chi connectivity index (χ3n) is 4.88. The number of esters is 2. The lowest BCUT2D eigenvalue weighted by Crippen LogP contribution is -2.27. The van der Waals surface area contributed by atoms with Gasteiger partial charge in [0.25, 0.3) is 0 Å². The molecule has 1 aliphatic heterocycles. The molecule has 0 N–H and O–H groups in total. The van der Waals surface area contributed by atoms with Gasteiger partial charge in [0, 0.05) is 24.2 Å². The second kappa shape index (κ2) is 9.31. The largest absolute Gasteiger partial charge is 0.465 e. The van der Waals surface area contributed by atoms with Crippen molar-refractivity contribution >= 4 is 17.6 Å². The summed E-state index contributed by atoms with van der Waals surface area (Å²) in [6.45, 7) is 1.92. The van der Waals surface area contributed by atoms with Crippen molar-refractivity contribution in [2.75, 3.05) is 19.1 Å². The van der Waals surface area contributed by atoms with Gasteiger partial charge in [-0.2, -0.15) is 0 Å². The SMILES string of the molecule is COC(=O)C1=C(C(=O)OC)N(c2ccc(C)cc2-c2nnc(-c3ccncc3)o2)C=CC=C1. The van der Waals surface area contributed by atoms with Gasteiger partial charge in [-0.05, 0) is 43.3 Å². The molecule has 3 aromatic rings. The zero-order valence-corrected chi connectivity index (χ0v) is 18.2. The van der Waals surface area contributed by atoms with E-state index in [9.17, 15) is 9.59 Å². The Hall–Kier alpha value is -4.53. The molecule has 166 valence electrons. The number of rotatable bonds is 5. The van der Waals surface area contributed by atoms with Gasteiger partial charge >= 0.3 is 11.9 Å². The molecule has 3 heterocycles. The Labute approximate surface area is 189 Å². The minimum absolute atomic E-state index is 0.00618. The van der Waals surface area contributed by atoms with Gasteiger partial charge in [0.2, 0.25) is 11.8 Å². The minimum atomic E-state index is -0.707. The predicted molar refractivity (Wildman–Crippen MR) is 120 cm³/mol. The summed E-state index contributed by atoms with van der Waals surface area (Å²) in [5.41, 5.74) is 2.80. The van der Waals surface area contributed by atoms with Gasteiger partial charge < -0.3 is 18.8 Å². The standard InChI is InChI=1S/C24H20N4O5/c1-15-7-8-19(18(14-15)22-27-26-21(33-22)16-9-11-25-12-10-16)28-13-5-4-6-17(23(29)31-2)20(28)24(30)32-3/h4-14H,1-3H3. The molecular formula is C24H20N4O5. The Morgan fingerprint density at radius 1 is 0.939 bits per heavy atom. The minimum Gasteiger partial charge on any atom is -0.465 e. The van der Waals surface area contributed by atoms with Gasteiger partial charge in [0.05, 0.1) is 31.0 Å². The lowest BCUT2D eigenvalue weighted by atomic mass is 10.1. The first kappa shape index (κ1) is 21.7. The van der Waals surface area contributed by atoms with Crippen LogP contribution >= 0.6 is 0 Å². The fourth-order valence-electron chi connectivity index (χ4n) is 3.33. The van der Waals surface area contributed by atoms with Gasteiger partial charge in [-0.1, -0.05) is 17.7 Å². The van der Waals surface area contributed by atoms with Crippen LogP contribution in [0.3, 0.4) is 0 Å². The summed E-state index contributed by atoms with van der Waals surface area (Å²) in [6, 6.07) is 9.06. The second-order valence-electron chi connectivity index (χ2n) is 6.98. The average Bonchev–Trinajstić information content (AvgIpc) is 3.24. The van der Waals surface area contributed by atoms with Gasteiger partial charge in [-0.15, -0.1) is 10.2 Å². The number of carbonyl (C=O) groups is 2. The molecule has 1 aliphatic rings. The molecule has 9 heteroatoms. The highest BCUT2D eigenvalue weighted by atomic mass is 16.5. The maximum atomic E-state index is 12.8. The maximum absolute atomic E-state index is 12.8. The first-order valence-corrected chi connectivity index (χ1v) is 9.93. The third kappa shape index (κ3) is 4.29. The van der Waals surface area contributed by atoms with E-state index < -0.39 is 11.9 Å². The number of allylic oxidation sites excluding steroid dienone is 2. The summed E-state index contributed by atoms with van der Waals surface area (Å²) in [6.07, 6.45) is 9.74. The molecule has 0 unspecified atom stereocenters. The maximum Gasteiger partial charge on any atom is 0.355 e. The van der Waals surface area contributed by atoms with E-state index in [1.165, 1.54) is 20.3 Å². The van der Waals surface area contributed by atoms with Crippen LogP contribution in [0.1, 0.15) is 5.56 Å². The average molecular weight is 444 g/mol. The Morgan fingerprint density at radius 2 is 1.67 bits per heavy atom. The number of benzene rings is 1. The topological polar surface area (TPSA) is 108 Å². The lowest BCUT2D eigenvalue weighted by molar-refractivity contribution is -0.139. The summed E-state index contributed by atoms with van der Waals surface area (Å²) in [7, 11) is 2.49. The van der Waals surface area contributed by atoms with E-state index in [4.69, 9.17) is 13.9 Å². The molecule has 0 radical (unpaired) electrons. The molecule has 0 saturated carbocycles. The van der Waals surface area contributed by atoms with Crippen LogP contribution in [0.5, 0.6) is 0 Å².